The van der Waals surface area contributed by atoms with E-state index in [9.17, 15) is 4.79 Å². The van der Waals surface area contributed by atoms with Crippen LogP contribution in [0.25, 0.3) is 0 Å². The molecule has 1 aromatic carbocycles. The molecule has 1 aromatic rings. The second kappa shape index (κ2) is 7.02. The lowest BCUT2D eigenvalue weighted by molar-refractivity contribution is 0.0715. The van der Waals surface area contributed by atoms with E-state index in [0.717, 1.165) is 47.8 Å². The van der Waals surface area contributed by atoms with Crippen molar-refractivity contribution in [2.24, 2.45) is 0 Å². The predicted molar refractivity (Wildman–Crippen MR) is 87.8 cm³/mol. The molecule has 0 radical (unpaired) electrons. The fourth-order valence-corrected chi connectivity index (χ4v) is 3.48. The highest BCUT2D eigenvalue weighted by atomic mass is 32.2. The summed E-state index contributed by atoms with van der Waals surface area (Å²) in [5.41, 5.74) is 3.00. The number of thioether (sulfide) groups is 1. The third-order valence-electron chi connectivity index (χ3n) is 3.66. The molecule has 1 N–H and O–H groups in total. The number of hydrogen-bond acceptors (Lipinski definition) is 3. The molecule has 110 valence electrons. The van der Waals surface area contributed by atoms with Crippen LogP contribution in [-0.4, -0.2) is 41.4 Å². The van der Waals surface area contributed by atoms with Gasteiger partial charge in [0.1, 0.15) is 0 Å². The maximum Gasteiger partial charge on any atom is 0.254 e. The molecule has 2 rings (SSSR count). The Morgan fingerprint density at radius 1 is 1.50 bits per heavy atom. The average molecular weight is 292 g/mol. The van der Waals surface area contributed by atoms with Crippen LogP contribution in [0, 0.1) is 6.92 Å². The molecular weight excluding hydrogens is 268 g/mol. The van der Waals surface area contributed by atoms with Crippen LogP contribution >= 0.6 is 11.8 Å². The van der Waals surface area contributed by atoms with Crippen molar-refractivity contribution in [3.8, 4) is 0 Å². The first-order valence-electron chi connectivity index (χ1n) is 7.36. The Kier molecular flexibility index (Phi) is 5.35. The number of anilines is 1. The van der Waals surface area contributed by atoms with Crippen molar-refractivity contribution in [2.45, 2.75) is 33.2 Å². The summed E-state index contributed by atoms with van der Waals surface area (Å²) >= 11 is 1.93. The molecule has 0 aromatic heterocycles. The maximum atomic E-state index is 12.7. The van der Waals surface area contributed by atoms with Crippen molar-refractivity contribution < 1.29 is 4.79 Å². The molecule has 4 heteroatoms. The van der Waals surface area contributed by atoms with E-state index in [0.29, 0.717) is 6.04 Å². The summed E-state index contributed by atoms with van der Waals surface area (Å²) in [6, 6.07) is 6.38. The monoisotopic (exact) mass is 292 g/mol. The van der Waals surface area contributed by atoms with Gasteiger partial charge in [-0.25, -0.2) is 0 Å². The number of benzene rings is 1. The minimum atomic E-state index is 0.178. The summed E-state index contributed by atoms with van der Waals surface area (Å²) < 4.78 is 0. The van der Waals surface area contributed by atoms with Crippen LogP contribution in [0.15, 0.2) is 18.2 Å². The molecule has 0 aliphatic carbocycles. The van der Waals surface area contributed by atoms with Gasteiger partial charge < -0.3 is 10.2 Å². The molecule has 20 heavy (non-hydrogen) atoms. The van der Waals surface area contributed by atoms with Gasteiger partial charge in [-0.15, -0.1) is 0 Å². The lowest BCUT2D eigenvalue weighted by Crippen LogP contribution is -2.44. The average Bonchev–Trinajstić information content (AvgIpc) is 2.45. The number of hydrogen-bond donors (Lipinski definition) is 1. The molecule has 1 fully saturated rings. The number of nitrogens with one attached hydrogen (secondary N) is 1. The van der Waals surface area contributed by atoms with Gasteiger partial charge >= 0.3 is 0 Å². The van der Waals surface area contributed by atoms with Gasteiger partial charge in [0.25, 0.3) is 5.91 Å². The summed E-state index contributed by atoms with van der Waals surface area (Å²) in [6.45, 7) is 8.13. The molecule has 0 bridgehead atoms. The van der Waals surface area contributed by atoms with E-state index < -0.39 is 0 Å². The molecular formula is C16H24N2OS. The van der Waals surface area contributed by atoms with E-state index in [-0.39, 0.29) is 5.91 Å². The summed E-state index contributed by atoms with van der Waals surface area (Å²) in [7, 11) is 0. The van der Waals surface area contributed by atoms with E-state index in [1.165, 1.54) is 0 Å². The summed E-state index contributed by atoms with van der Waals surface area (Å²) in [6.07, 6.45) is 1.10. The van der Waals surface area contributed by atoms with E-state index in [2.05, 4.69) is 25.2 Å². The van der Waals surface area contributed by atoms with Crippen molar-refractivity contribution in [1.82, 2.24) is 4.90 Å². The van der Waals surface area contributed by atoms with E-state index in [1.807, 2.05) is 35.7 Å². The van der Waals surface area contributed by atoms with Crippen molar-refractivity contribution in [2.75, 3.05) is 29.9 Å². The lowest BCUT2D eigenvalue weighted by atomic mass is 10.1. The number of amides is 1. The van der Waals surface area contributed by atoms with Crippen molar-refractivity contribution in [1.29, 1.82) is 0 Å². The third-order valence-corrected chi connectivity index (χ3v) is 4.85. The molecule has 1 saturated heterocycles. The predicted octanol–water partition coefficient (Wildman–Crippen LogP) is 3.39. The fraction of sp³-hybridized carbons (Fsp3) is 0.562. The Labute approximate surface area is 126 Å². The maximum absolute atomic E-state index is 12.7. The highest BCUT2D eigenvalue weighted by Gasteiger charge is 2.25. The summed E-state index contributed by atoms with van der Waals surface area (Å²) in [5.74, 6) is 2.27. The van der Waals surface area contributed by atoms with Crippen molar-refractivity contribution in [3.05, 3.63) is 29.3 Å². The zero-order valence-electron chi connectivity index (χ0n) is 12.6. The largest absolute Gasteiger partial charge is 0.385 e. The number of carbonyl (C=O) groups is 1. The number of rotatable bonds is 4. The normalized spacial score (nSPS) is 18.9. The molecule has 1 amide bonds. The standard InChI is InChI=1S/C16H24N2OS/c1-4-7-17-14-5-6-15(12(2)10-14)16(19)18-8-9-20-11-13(18)3/h5-6,10,13,17H,4,7-9,11H2,1-3H3. The second-order valence-electron chi connectivity index (χ2n) is 5.38. The number of nitrogens with zero attached hydrogens (tertiary/aromatic N) is 1. The zero-order chi connectivity index (χ0) is 14.5. The van der Waals surface area contributed by atoms with Crippen LogP contribution in [0.2, 0.25) is 0 Å². The van der Waals surface area contributed by atoms with Gasteiger partial charge in [-0.05, 0) is 44.0 Å². The first-order chi connectivity index (χ1) is 9.63. The number of carbonyl (C=O) groups excluding carboxylic acids is 1. The third kappa shape index (κ3) is 3.48. The lowest BCUT2D eigenvalue weighted by Gasteiger charge is -2.33. The highest BCUT2D eigenvalue weighted by Crippen LogP contribution is 2.22. The van der Waals surface area contributed by atoms with Gasteiger partial charge in [-0.3, -0.25) is 4.79 Å². The molecule has 1 aliphatic rings. The van der Waals surface area contributed by atoms with E-state index in [1.54, 1.807) is 0 Å². The van der Waals surface area contributed by atoms with Crippen LogP contribution in [0.3, 0.4) is 0 Å². The van der Waals surface area contributed by atoms with E-state index >= 15 is 0 Å². The molecule has 0 spiro atoms. The Morgan fingerprint density at radius 3 is 2.95 bits per heavy atom. The van der Waals surface area contributed by atoms with Crippen LogP contribution in [-0.2, 0) is 0 Å². The molecule has 1 atom stereocenters. The van der Waals surface area contributed by atoms with Gasteiger partial charge in [-0.2, -0.15) is 11.8 Å². The molecule has 3 nitrogen and oxygen atoms in total. The SMILES string of the molecule is CCCNc1ccc(C(=O)N2CCSCC2C)c(C)c1. The van der Waals surface area contributed by atoms with Crippen molar-refractivity contribution >= 4 is 23.4 Å². The molecule has 1 unspecified atom stereocenters. The van der Waals surface area contributed by atoms with Crippen LogP contribution < -0.4 is 5.32 Å². The number of aryl methyl sites for hydroxylation is 1. The smallest absolute Gasteiger partial charge is 0.254 e. The Balaban J connectivity index is 2.13. The Bertz CT molecular complexity index is 476. The summed E-state index contributed by atoms with van der Waals surface area (Å²) in [5, 5.41) is 3.36. The van der Waals surface area contributed by atoms with Gasteiger partial charge in [-0.1, -0.05) is 6.92 Å². The topological polar surface area (TPSA) is 32.3 Å². The van der Waals surface area contributed by atoms with Crippen LogP contribution in [0.5, 0.6) is 0 Å². The minimum absolute atomic E-state index is 0.178. The summed E-state index contributed by atoms with van der Waals surface area (Å²) in [4.78, 5) is 14.7. The Hall–Kier alpha value is -1.16. The van der Waals surface area contributed by atoms with Gasteiger partial charge in [0.05, 0.1) is 0 Å². The van der Waals surface area contributed by atoms with Gasteiger partial charge in [0, 0.05) is 41.9 Å². The van der Waals surface area contributed by atoms with E-state index in [4.69, 9.17) is 0 Å². The highest BCUT2D eigenvalue weighted by molar-refractivity contribution is 7.99. The van der Waals surface area contributed by atoms with Crippen LogP contribution in [0.4, 0.5) is 5.69 Å². The fourth-order valence-electron chi connectivity index (χ4n) is 2.47. The zero-order valence-corrected chi connectivity index (χ0v) is 13.4. The Morgan fingerprint density at radius 2 is 2.30 bits per heavy atom. The van der Waals surface area contributed by atoms with Crippen molar-refractivity contribution in [3.63, 3.8) is 0 Å². The van der Waals surface area contributed by atoms with Crippen LogP contribution in [0.1, 0.15) is 36.2 Å². The molecule has 0 saturated carbocycles. The quantitative estimate of drug-likeness (QED) is 0.923. The van der Waals surface area contributed by atoms with Gasteiger partial charge in [0.15, 0.2) is 0 Å². The first kappa shape index (κ1) is 15.2. The minimum Gasteiger partial charge on any atom is -0.385 e. The molecule has 1 heterocycles. The first-order valence-corrected chi connectivity index (χ1v) is 8.52. The molecule has 1 aliphatic heterocycles. The van der Waals surface area contributed by atoms with Gasteiger partial charge in [0.2, 0.25) is 0 Å². The second-order valence-corrected chi connectivity index (χ2v) is 6.53.